The number of hydrogen-bond donors (Lipinski definition) is 1. The van der Waals surface area contributed by atoms with E-state index in [2.05, 4.69) is 5.32 Å². The number of benzene rings is 2. The highest BCUT2D eigenvalue weighted by molar-refractivity contribution is 6.30. The average Bonchev–Trinajstić information content (AvgIpc) is 2.65. The third-order valence-corrected chi connectivity index (χ3v) is 3.61. The van der Waals surface area contributed by atoms with E-state index in [9.17, 15) is 14.4 Å². The fourth-order valence-electron chi connectivity index (χ4n) is 1.99. The zero-order chi connectivity index (χ0) is 18.9. The maximum atomic E-state index is 11.9. The van der Waals surface area contributed by atoms with E-state index >= 15 is 0 Å². The zero-order valence-electron chi connectivity index (χ0n) is 14.1. The number of halogens is 1. The lowest BCUT2D eigenvalue weighted by atomic mass is 10.1. The van der Waals surface area contributed by atoms with Gasteiger partial charge in [-0.1, -0.05) is 29.8 Å². The molecule has 0 heterocycles. The van der Waals surface area contributed by atoms with Crippen molar-refractivity contribution in [2.45, 2.75) is 13.0 Å². The normalized spacial score (nSPS) is 11.3. The Morgan fingerprint density at radius 2 is 1.65 bits per heavy atom. The average molecular weight is 376 g/mol. The highest BCUT2D eigenvalue weighted by Crippen LogP contribution is 2.10. The molecule has 0 radical (unpaired) electrons. The summed E-state index contributed by atoms with van der Waals surface area (Å²) in [7, 11) is 0. The second-order valence-corrected chi connectivity index (χ2v) is 5.87. The first kappa shape index (κ1) is 19.5. The quantitative estimate of drug-likeness (QED) is 0.566. The number of para-hydroxylation sites is 1. The van der Waals surface area contributed by atoms with Gasteiger partial charge >= 0.3 is 5.97 Å². The summed E-state index contributed by atoms with van der Waals surface area (Å²) in [5, 5.41) is 2.96. The Bertz CT molecular complexity index is 761. The van der Waals surface area contributed by atoms with Crippen molar-refractivity contribution in [3.05, 3.63) is 65.2 Å². The van der Waals surface area contributed by atoms with Crippen LogP contribution in [0.4, 0.5) is 0 Å². The summed E-state index contributed by atoms with van der Waals surface area (Å²) in [6.45, 7) is 0.821. The van der Waals surface area contributed by atoms with Crippen molar-refractivity contribution in [3.63, 3.8) is 0 Å². The molecule has 0 unspecified atom stereocenters. The lowest BCUT2D eigenvalue weighted by molar-refractivity contribution is -0.146. The summed E-state index contributed by atoms with van der Waals surface area (Å²) in [5.41, 5.74) is 0.384. The van der Waals surface area contributed by atoms with Crippen molar-refractivity contribution in [1.29, 1.82) is 0 Å². The number of carbonyl (C=O) groups is 3. The molecule has 0 aromatic heterocycles. The van der Waals surface area contributed by atoms with Gasteiger partial charge in [-0.05, 0) is 43.3 Å². The van der Waals surface area contributed by atoms with E-state index in [1.54, 1.807) is 48.5 Å². The molecular formula is C19H18ClNO5. The number of rotatable bonds is 8. The molecular weight excluding hydrogens is 358 g/mol. The molecule has 0 fully saturated rings. The van der Waals surface area contributed by atoms with E-state index < -0.39 is 24.5 Å². The van der Waals surface area contributed by atoms with Crippen molar-refractivity contribution >= 4 is 29.3 Å². The smallest absolute Gasteiger partial charge is 0.328 e. The molecule has 0 aliphatic rings. The molecule has 1 N–H and O–H groups in total. The summed E-state index contributed by atoms with van der Waals surface area (Å²) >= 11 is 5.75. The molecule has 26 heavy (non-hydrogen) atoms. The van der Waals surface area contributed by atoms with E-state index in [-0.39, 0.29) is 12.4 Å². The first-order chi connectivity index (χ1) is 12.5. The first-order valence-electron chi connectivity index (χ1n) is 7.88. The standard InChI is InChI=1S/C19H18ClNO5/c1-13(21-18(23)12-25-16-5-3-2-4-6-16)19(24)26-11-17(22)14-7-9-15(20)10-8-14/h2-10,13H,11-12H2,1H3,(H,21,23)/t13-/m0/s1. The van der Waals surface area contributed by atoms with Crippen LogP contribution in [0.2, 0.25) is 5.02 Å². The minimum absolute atomic E-state index is 0.231. The lowest BCUT2D eigenvalue weighted by Gasteiger charge is -2.13. The summed E-state index contributed by atoms with van der Waals surface area (Å²) in [6, 6.07) is 14.2. The first-order valence-corrected chi connectivity index (χ1v) is 8.26. The van der Waals surface area contributed by atoms with Crippen molar-refractivity contribution in [1.82, 2.24) is 5.32 Å². The van der Waals surface area contributed by atoms with Crippen LogP contribution in [0.1, 0.15) is 17.3 Å². The third-order valence-electron chi connectivity index (χ3n) is 3.36. The molecule has 6 nitrogen and oxygen atoms in total. The molecule has 1 amide bonds. The van der Waals surface area contributed by atoms with Crippen LogP contribution in [0.3, 0.4) is 0 Å². The van der Waals surface area contributed by atoms with E-state index in [1.165, 1.54) is 6.92 Å². The van der Waals surface area contributed by atoms with Gasteiger partial charge in [-0.25, -0.2) is 4.79 Å². The second-order valence-electron chi connectivity index (χ2n) is 5.43. The van der Waals surface area contributed by atoms with Gasteiger partial charge in [0.25, 0.3) is 5.91 Å². The fourth-order valence-corrected chi connectivity index (χ4v) is 2.11. The van der Waals surface area contributed by atoms with Gasteiger partial charge in [0, 0.05) is 10.6 Å². The van der Waals surface area contributed by atoms with Crippen LogP contribution in [-0.2, 0) is 14.3 Å². The summed E-state index contributed by atoms with van der Waals surface area (Å²) in [5.74, 6) is -0.991. The predicted octanol–water partition coefficient (Wildman–Crippen LogP) is 2.65. The lowest BCUT2D eigenvalue weighted by Crippen LogP contribution is -2.42. The number of nitrogens with one attached hydrogen (secondary N) is 1. The van der Waals surface area contributed by atoms with Crippen molar-refractivity contribution in [2.24, 2.45) is 0 Å². The van der Waals surface area contributed by atoms with Crippen molar-refractivity contribution in [2.75, 3.05) is 13.2 Å². The van der Waals surface area contributed by atoms with E-state index in [4.69, 9.17) is 21.1 Å². The Morgan fingerprint density at radius 3 is 2.31 bits per heavy atom. The van der Waals surface area contributed by atoms with Gasteiger partial charge < -0.3 is 14.8 Å². The number of ketones is 1. The van der Waals surface area contributed by atoms with Gasteiger partial charge in [0.05, 0.1) is 0 Å². The zero-order valence-corrected chi connectivity index (χ0v) is 14.9. The molecule has 0 saturated carbocycles. The maximum absolute atomic E-state index is 11.9. The van der Waals surface area contributed by atoms with Crippen LogP contribution in [0, 0.1) is 0 Å². The molecule has 0 saturated heterocycles. The van der Waals surface area contributed by atoms with Gasteiger partial charge in [-0.15, -0.1) is 0 Å². The molecule has 2 rings (SSSR count). The van der Waals surface area contributed by atoms with Gasteiger partial charge in [-0.2, -0.15) is 0 Å². The Morgan fingerprint density at radius 1 is 1.00 bits per heavy atom. The molecule has 136 valence electrons. The van der Waals surface area contributed by atoms with E-state index in [1.807, 2.05) is 6.07 Å². The Hall–Kier alpha value is -2.86. The minimum atomic E-state index is -0.903. The second kappa shape index (κ2) is 9.58. The van der Waals surface area contributed by atoms with Gasteiger partial charge in [0.15, 0.2) is 19.0 Å². The number of hydrogen-bond acceptors (Lipinski definition) is 5. The molecule has 0 spiro atoms. The highest BCUT2D eigenvalue weighted by atomic mass is 35.5. The van der Waals surface area contributed by atoms with Gasteiger partial charge in [0.1, 0.15) is 11.8 Å². The number of amides is 1. The highest BCUT2D eigenvalue weighted by Gasteiger charge is 2.19. The third kappa shape index (κ3) is 6.22. The SMILES string of the molecule is C[C@H](NC(=O)COc1ccccc1)C(=O)OCC(=O)c1ccc(Cl)cc1. The molecule has 0 aliphatic heterocycles. The number of carbonyl (C=O) groups excluding carboxylic acids is 3. The van der Waals surface area contributed by atoms with Crippen LogP contribution in [-0.4, -0.2) is 36.9 Å². The molecule has 1 atom stereocenters. The Labute approximate surface area is 156 Å². The fraction of sp³-hybridized carbons (Fsp3) is 0.211. The predicted molar refractivity (Wildman–Crippen MR) is 96.3 cm³/mol. The molecule has 0 bridgehead atoms. The van der Waals surface area contributed by atoms with Crippen LogP contribution >= 0.6 is 11.6 Å². The van der Waals surface area contributed by atoms with E-state index in [0.717, 1.165) is 0 Å². The van der Waals surface area contributed by atoms with Crippen LogP contribution in [0.25, 0.3) is 0 Å². The summed E-state index contributed by atoms with van der Waals surface area (Å²) in [4.78, 5) is 35.6. The molecule has 2 aromatic carbocycles. The van der Waals surface area contributed by atoms with Crippen LogP contribution in [0.15, 0.2) is 54.6 Å². The monoisotopic (exact) mass is 375 g/mol. The summed E-state index contributed by atoms with van der Waals surface area (Å²) < 4.78 is 10.2. The largest absolute Gasteiger partial charge is 0.484 e. The summed E-state index contributed by atoms with van der Waals surface area (Å²) in [6.07, 6.45) is 0. The van der Waals surface area contributed by atoms with Gasteiger partial charge in [0.2, 0.25) is 0 Å². The molecule has 2 aromatic rings. The number of Topliss-reactive ketones (excluding diaryl/α,β-unsaturated/α-hetero) is 1. The van der Waals surface area contributed by atoms with Crippen LogP contribution in [0.5, 0.6) is 5.75 Å². The molecule has 7 heteroatoms. The van der Waals surface area contributed by atoms with E-state index in [0.29, 0.717) is 16.3 Å². The maximum Gasteiger partial charge on any atom is 0.328 e. The Kier molecular flexibility index (Phi) is 7.17. The van der Waals surface area contributed by atoms with Gasteiger partial charge in [-0.3, -0.25) is 9.59 Å². The minimum Gasteiger partial charge on any atom is -0.484 e. The number of esters is 1. The topological polar surface area (TPSA) is 81.7 Å². The van der Waals surface area contributed by atoms with Crippen molar-refractivity contribution in [3.8, 4) is 5.75 Å². The van der Waals surface area contributed by atoms with Crippen molar-refractivity contribution < 1.29 is 23.9 Å². The number of ether oxygens (including phenoxy) is 2. The van der Waals surface area contributed by atoms with Crippen LogP contribution < -0.4 is 10.1 Å². The Balaban J connectivity index is 1.73. The molecule has 0 aliphatic carbocycles.